The number of carbonyl (C=O) groups is 1. The molecule has 0 spiro atoms. The van der Waals surface area contributed by atoms with Gasteiger partial charge in [0, 0.05) is 34.5 Å². The molecule has 1 saturated heterocycles. The van der Waals surface area contributed by atoms with E-state index in [0.29, 0.717) is 24.3 Å². The Labute approximate surface area is 102 Å². The van der Waals surface area contributed by atoms with E-state index >= 15 is 0 Å². The minimum absolute atomic E-state index is 0.0293. The Hall–Kier alpha value is -1.43. The van der Waals surface area contributed by atoms with E-state index in [1.807, 2.05) is 0 Å². The SMILES string of the molecule is O=C(NC1CCS(=O)CC1)c1ncccc1O. The van der Waals surface area contributed by atoms with Gasteiger partial charge in [-0.1, -0.05) is 0 Å². The Bertz CT molecular complexity index is 440. The minimum atomic E-state index is -0.741. The fourth-order valence-corrected chi connectivity index (χ4v) is 3.06. The molecule has 2 heterocycles. The first-order chi connectivity index (χ1) is 8.16. The summed E-state index contributed by atoms with van der Waals surface area (Å²) in [6.45, 7) is 0. The van der Waals surface area contributed by atoms with E-state index in [9.17, 15) is 14.1 Å². The van der Waals surface area contributed by atoms with Gasteiger partial charge in [0.05, 0.1) is 0 Å². The molecule has 0 unspecified atom stereocenters. The van der Waals surface area contributed by atoms with Crippen LogP contribution in [0, 0.1) is 0 Å². The summed E-state index contributed by atoms with van der Waals surface area (Å²) in [7, 11) is -0.741. The summed E-state index contributed by atoms with van der Waals surface area (Å²) in [4.78, 5) is 15.6. The molecular formula is C11H14N2O3S. The van der Waals surface area contributed by atoms with Gasteiger partial charge in [-0.15, -0.1) is 0 Å². The second kappa shape index (κ2) is 5.27. The van der Waals surface area contributed by atoms with Gasteiger partial charge in [0.25, 0.3) is 5.91 Å². The molecule has 92 valence electrons. The molecule has 0 aromatic carbocycles. The third-order valence-electron chi connectivity index (χ3n) is 2.72. The van der Waals surface area contributed by atoms with Crippen LogP contribution in [-0.2, 0) is 10.8 Å². The van der Waals surface area contributed by atoms with Gasteiger partial charge in [-0.25, -0.2) is 4.98 Å². The van der Waals surface area contributed by atoms with E-state index in [1.54, 1.807) is 6.07 Å². The normalized spacial score (nSPS) is 24.2. The van der Waals surface area contributed by atoms with Gasteiger partial charge in [0.2, 0.25) is 0 Å². The fraction of sp³-hybridized carbons (Fsp3) is 0.455. The van der Waals surface area contributed by atoms with E-state index in [4.69, 9.17) is 0 Å². The van der Waals surface area contributed by atoms with Crippen LogP contribution >= 0.6 is 0 Å². The van der Waals surface area contributed by atoms with Crippen molar-refractivity contribution in [2.75, 3.05) is 11.5 Å². The van der Waals surface area contributed by atoms with Gasteiger partial charge in [0.1, 0.15) is 5.75 Å². The van der Waals surface area contributed by atoms with Crippen molar-refractivity contribution < 1.29 is 14.1 Å². The second-order valence-electron chi connectivity index (χ2n) is 3.97. The van der Waals surface area contributed by atoms with Crippen molar-refractivity contribution in [3.8, 4) is 5.75 Å². The summed E-state index contributed by atoms with van der Waals surface area (Å²) < 4.78 is 11.2. The maximum absolute atomic E-state index is 11.8. The molecule has 0 radical (unpaired) electrons. The first kappa shape index (κ1) is 12.0. The van der Waals surface area contributed by atoms with Gasteiger partial charge < -0.3 is 10.4 Å². The van der Waals surface area contributed by atoms with Gasteiger partial charge in [-0.05, 0) is 25.0 Å². The Morgan fingerprint density at radius 3 is 2.82 bits per heavy atom. The standard InChI is InChI=1S/C11H14N2O3S/c14-9-2-1-5-12-10(9)11(15)13-8-3-6-17(16)7-4-8/h1-2,5,8,14H,3-4,6-7H2,(H,13,15). The van der Waals surface area contributed by atoms with Crippen molar-refractivity contribution in [3.63, 3.8) is 0 Å². The van der Waals surface area contributed by atoms with Crippen molar-refractivity contribution in [1.29, 1.82) is 0 Å². The molecule has 1 aliphatic heterocycles. The zero-order chi connectivity index (χ0) is 12.3. The summed E-state index contributed by atoms with van der Waals surface area (Å²) in [5.41, 5.74) is 0.0409. The van der Waals surface area contributed by atoms with Crippen LogP contribution in [0.1, 0.15) is 23.3 Å². The van der Waals surface area contributed by atoms with Crippen LogP contribution in [-0.4, -0.2) is 37.8 Å². The lowest BCUT2D eigenvalue weighted by atomic mass is 10.1. The van der Waals surface area contributed by atoms with Crippen LogP contribution < -0.4 is 5.32 Å². The first-order valence-corrected chi connectivity index (χ1v) is 6.95. The van der Waals surface area contributed by atoms with Crippen molar-refractivity contribution in [2.45, 2.75) is 18.9 Å². The van der Waals surface area contributed by atoms with Crippen LogP contribution in [0.3, 0.4) is 0 Å². The monoisotopic (exact) mass is 254 g/mol. The zero-order valence-electron chi connectivity index (χ0n) is 9.26. The fourth-order valence-electron chi connectivity index (χ4n) is 1.76. The molecule has 1 aromatic heterocycles. The average molecular weight is 254 g/mol. The highest BCUT2D eigenvalue weighted by Crippen LogP contribution is 2.14. The van der Waals surface area contributed by atoms with E-state index in [2.05, 4.69) is 10.3 Å². The molecule has 6 heteroatoms. The molecule has 1 amide bonds. The van der Waals surface area contributed by atoms with Crippen LogP contribution in [0.15, 0.2) is 18.3 Å². The first-order valence-electron chi connectivity index (χ1n) is 5.46. The summed E-state index contributed by atoms with van der Waals surface area (Å²) in [5.74, 6) is 0.753. The lowest BCUT2D eigenvalue weighted by Crippen LogP contribution is -2.39. The van der Waals surface area contributed by atoms with Crippen molar-refractivity contribution in [1.82, 2.24) is 10.3 Å². The molecule has 0 atom stereocenters. The summed E-state index contributed by atoms with van der Waals surface area (Å²) in [5, 5.41) is 12.3. The molecule has 2 rings (SSSR count). The number of pyridine rings is 1. The maximum atomic E-state index is 11.8. The number of carbonyl (C=O) groups excluding carboxylic acids is 1. The highest BCUT2D eigenvalue weighted by molar-refractivity contribution is 7.85. The summed E-state index contributed by atoms with van der Waals surface area (Å²) in [6.07, 6.45) is 2.89. The number of hydrogen-bond acceptors (Lipinski definition) is 4. The predicted molar refractivity (Wildman–Crippen MR) is 64.3 cm³/mol. The van der Waals surface area contributed by atoms with Crippen LogP contribution in [0.4, 0.5) is 0 Å². The summed E-state index contributed by atoms with van der Waals surface area (Å²) in [6, 6.07) is 3.02. The van der Waals surface area contributed by atoms with E-state index in [1.165, 1.54) is 12.3 Å². The highest BCUT2D eigenvalue weighted by Gasteiger charge is 2.21. The number of hydrogen-bond donors (Lipinski definition) is 2. The molecule has 17 heavy (non-hydrogen) atoms. The molecule has 1 aliphatic rings. The molecular weight excluding hydrogens is 240 g/mol. The molecule has 2 N–H and O–H groups in total. The number of amides is 1. The van der Waals surface area contributed by atoms with Gasteiger partial charge >= 0.3 is 0 Å². The molecule has 0 aliphatic carbocycles. The summed E-state index contributed by atoms with van der Waals surface area (Å²) >= 11 is 0. The lowest BCUT2D eigenvalue weighted by Gasteiger charge is -2.22. The van der Waals surface area contributed by atoms with Gasteiger partial charge in [0.15, 0.2) is 5.69 Å². The van der Waals surface area contributed by atoms with E-state index < -0.39 is 10.8 Å². The predicted octanol–water partition coefficient (Wildman–Crippen LogP) is 0.428. The Morgan fingerprint density at radius 1 is 1.47 bits per heavy atom. The molecule has 5 nitrogen and oxygen atoms in total. The lowest BCUT2D eigenvalue weighted by molar-refractivity contribution is 0.0926. The van der Waals surface area contributed by atoms with Crippen molar-refractivity contribution in [3.05, 3.63) is 24.0 Å². The molecule has 1 fully saturated rings. The number of aromatic nitrogens is 1. The van der Waals surface area contributed by atoms with Gasteiger partial charge in [-0.3, -0.25) is 9.00 Å². The van der Waals surface area contributed by atoms with Gasteiger partial charge in [-0.2, -0.15) is 0 Å². The third-order valence-corrected chi connectivity index (χ3v) is 4.11. The van der Waals surface area contributed by atoms with E-state index in [-0.39, 0.29) is 23.4 Å². The van der Waals surface area contributed by atoms with E-state index in [0.717, 1.165) is 0 Å². The van der Waals surface area contributed by atoms with Crippen LogP contribution in [0.5, 0.6) is 5.75 Å². The number of aromatic hydroxyl groups is 1. The average Bonchev–Trinajstić information content (AvgIpc) is 2.32. The smallest absolute Gasteiger partial charge is 0.273 e. The maximum Gasteiger partial charge on any atom is 0.273 e. The minimum Gasteiger partial charge on any atom is -0.505 e. The molecule has 1 aromatic rings. The quantitative estimate of drug-likeness (QED) is 0.802. The van der Waals surface area contributed by atoms with Crippen LogP contribution in [0.2, 0.25) is 0 Å². The van der Waals surface area contributed by atoms with Crippen molar-refractivity contribution >= 4 is 16.7 Å². The Morgan fingerprint density at radius 2 is 2.18 bits per heavy atom. The number of rotatable bonds is 2. The Balaban J connectivity index is 1.98. The second-order valence-corrected chi connectivity index (χ2v) is 5.66. The number of nitrogens with one attached hydrogen (secondary N) is 1. The highest BCUT2D eigenvalue weighted by atomic mass is 32.2. The Kier molecular flexibility index (Phi) is 3.73. The van der Waals surface area contributed by atoms with Crippen LogP contribution in [0.25, 0.3) is 0 Å². The number of nitrogens with zero attached hydrogens (tertiary/aromatic N) is 1. The zero-order valence-corrected chi connectivity index (χ0v) is 10.1. The molecule has 0 bridgehead atoms. The topological polar surface area (TPSA) is 79.3 Å². The largest absolute Gasteiger partial charge is 0.505 e. The third kappa shape index (κ3) is 3.03. The van der Waals surface area contributed by atoms with Crippen molar-refractivity contribution in [2.24, 2.45) is 0 Å². The molecule has 0 saturated carbocycles.